The predicted octanol–water partition coefficient (Wildman–Crippen LogP) is 1.93. The summed E-state index contributed by atoms with van der Waals surface area (Å²) >= 11 is 0. The van der Waals surface area contributed by atoms with Gasteiger partial charge in [-0.3, -0.25) is 0 Å². The average molecular weight is 265 g/mol. The number of piperidine rings is 2. The molecule has 0 saturated carbocycles. The molecule has 3 atom stereocenters. The van der Waals surface area contributed by atoms with E-state index in [-0.39, 0.29) is 0 Å². The third-order valence-corrected chi connectivity index (χ3v) is 5.64. The Morgan fingerprint density at radius 2 is 1.84 bits per heavy atom. The lowest BCUT2D eigenvalue weighted by atomic mass is 9.89. The van der Waals surface area contributed by atoms with Gasteiger partial charge in [0.15, 0.2) is 0 Å². The summed E-state index contributed by atoms with van der Waals surface area (Å²) in [6.07, 6.45) is 9.99. The molecule has 0 aromatic rings. The third kappa shape index (κ3) is 3.50. The maximum absolute atomic E-state index is 3.76. The maximum Gasteiger partial charge on any atom is 0.0217 e. The van der Waals surface area contributed by atoms with E-state index in [0.717, 1.165) is 24.0 Å². The summed E-state index contributed by atoms with van der Waals surface area (Å²) in [5.41, 5.74) is 0. The highest BCUT2D eigenvalue weighted by Gasteiger charge is 2.33. The molecule has 2 bridgehead atoms. The number of nitrogens with zero attached hydrogens (tertiary/aromatic N) is 2. The van der Waals surface area contributed by atoms with Crippen LogP contribution in [0.15, 0.2) is 0 Å². The van der Waals surface area contributed by atoms with E-state index >= 15 is 0 Å². The quantitative estimate of drug-likeness (QED) is 0.838. The van der Waals surface area contributed by atoms with Gasteiger partial charge in [-0.1, -0.05) is 0 Å². The number of nitrogens with one attached hydrogen (secondary N) is 1. The first kappa shape index (κ1) is 13.8. The fourth-order valence-electron chi connectivity index (χ4n) is 4.43. The van der Waals surface area contributed by atoms with Gasteiger partial charge in [0.25, 0.3) is 0 Å². The van der Waals surface area contributed by atoms with Crippen LogP contribution in [-0.2, 0) is 0 Å². The summed E-state index contributed by atoms with van der Waals surface area (Å²) in [4.78, 5) is 5.13. The number of hydrogen-bond donors (Lipinski definition) is 1. The average Bonchev–Trinajstić information content (AvgIpc) is 2.76. The molecule has 3 nitrogen and oxygen atoms in total. The molecule has 0 aromatic carbocycles. The van der Waals surface area contributed by atoms with Gasteiger partial charge in [0, 0.05) is 24.7 Å². The lowest BCUT2D eigenvalue weighted by molar-refractivity contribution is 0.122. The molecule has 3 aliphatic heterocycles. The van der Waals surface area contributed by atoms with Crippen molar-refractivity contribution in [3.63, 3.8) is 0 Å². The monoisotopic (exact) mass is 265 g/mol. The minimum Gasteiger partial charge on any atom is -0.311 e. The Labute approximate surface area is 118 Å². The van der Waals surface area contributed by atoms with Gasteiger partial charge in [-0.2, -0.15) is 0 Å². The Hall–Kier alpha value is -0.120. The van der Waals surface area contributed by atoms with Crippen LogP contribution >= 0.6 is 0 Å². The normalized spacial score (nSPS) is 39.9. The minimum atomic E-state index is 0.790. The molecule has 0 aliphatic carbocycles. The van der Waals surface area contributed by atoms with Crippen LogP contribution in [0.25, 0.3) is 0 Å². The summed E-state index contributed by atoms with van der Waals surface area (Å²) in [5, 5.41) is 3.76. The molecule has 3 unspecified atom stereocenters. The smallest absolute Gasteiger partial charge is 0.0217 e. The number of likely N-dealkylation sites (tertiary alicyclic amines) is 1. The van der Waals surface area contributed by atoms with Crippen molar-refractivity contribution in [2.75, 3.05) is 33.7 Å². The van der Waals surface area contributed by atoms with Crippen LogP contribution in [0.1, 0.15) is 44.9 Å². The molecule has 0 radical (unpaired) electrons. The van der Waals surface area contributed by atoms with E-state index in [1.165, 1.54) is 64.6 Å². The molecule has 3 heterocycles. The van der Waals surface area contributed by atoms with E-state index in [9.17, 15) is 0 Å². The lowest BCUT2D eigenvalue weighted by Crippen LogP contribution is -2.46. The second-order valence-corrected chi connectivity index (χ2v) is 7.32. The molecule has 3 saturated heterocycles. The highest BCUT2D eigenvalue weighted by atomic mass is 15.2. The summed E-state index contributed by atoms with van der Waals surface area (Å²) in [6, 6.07) is 2.51. The molecule has 3 fully saturated rings. The number of hydrogen-bond acceptors (Lipinski definition) is 3. The van der Waals surface area contributed by atoms with Gasteiger partial charge < -0.3 is 15.1 Å². The van der Waals surface area contributed by atoms with E-state index in [0.29, 0.717) is 0 Å². The fourth-order valence-corrected chi connectivity index (χ4v) is 4.43. The van der Waals surface area contributed by atoms with E-state index in [1.54, 1.807) is 0 Å². The third-order valence-electron chi connectivity index (χ3n) is 5.64. The highest BCUT2D eigenvalue weighted by Crippen LogP contribution is 2.32. The van der Waals surface area contributed by atoms with Crippen molar-refractivity contribution >= 4 is 0 Å². The summed E-state index contributed by atoms with van der Waals surface area (Å²) in [7, 11) is 4.47. The maximum atomic E-state index is 3.76. The van der Waals surface area contributed by atoms with Crippen LogP contribution in [0, 0.1) is 5.92 Å². The van der Waals surface area contributed by atoms with Gasteiger partial charge in [0.1, 0.15) is 0 Å². The Bertz CT molecular complexity index is 280. The molecule has 3 heteroatoms. The molecule has 19 heavy (non-hydrogen) atoms. The van der Waals surface area contributed by atoms with Crippen molar-refractivity contribution in [2.45, 2.75) is 63.1 Å². The van der Waals surface area contributed by atoms with Gasteiger partial charge >= 0.3 is 0 Å². The van der Waals surface area contributed by atoms with E-state index in [4.69, 9.17) is 0 Å². The molecule has 3 aliphatic rings. The van der Waals surface area contributed by atoms with E-state index in [2.05, 4.69) is 29.2 Å². The molecule has 0 amide bonds. The van der Waals surface area contributed by atoms with E-state index in [1.807, 2.05) is 0 Å². The number of fused-ring (bicyclic) bond motifs is 2. The second kappa shape index (κ2) is 6.11. The van der Waals surface area contributed by atoms with Crippen LogP contribution in [0.3, 0.4) is 0 Å². The molecule has 0 aromatic heterocycles. The fraction of sp³-hybridized carbons (Fsp3) is 1.00. The standard InChI is InChI=1S/C16H31N3/c1-18(2)16-4-3-8-19(12-16)9-7-13-10-14-5-6-15(11-13)17-14/h13-17H,3-12H2,1-2H3. The Morgan fingerprint density at radius 3 is 2.53 bits per heavy atom. The Kier molecular flexibility index (Phi) is 4.45. The zero-order valence-corrected chi connectivity index (χ0v) is 12.8. The lowest BCUT2D eigenvalue weighted by Gasteiger charge is -2.37. The van der Waals surface area contributed by atoms with Crippen LogP contribution in [0.2, 0.25) is 0 Å². The van der Waals surface area contributed by atoms with Gasteiger partial charge in [0.2, 0.25) is 0 Å². The SMILES string of the molecule is CN(C)C1CCCN(CCC2CC3CCC(C2)N3)C1. The van der Waals surface area contributed by atoms with Crippen molar-refractivity contribution < 1.29 is 0 Å². The molecule has 0 spiro atoms. The topological polar surface area (TPSA) is 18.5 Å². The summed E-state index contributed by atoms with van der Waals surface area (Å²) in [5.74, 6) is 0.999. The Balaban J connectivity index is 1.42. The zero-order valence-electron chi connectivity index (χ0n) is 12.8. The van der Waals surface area contributed by atoms with Crippen molar-refractivity contribution in [1.29, 1.82) is 0 Å². The predicted molar refractivity (Wildman–Crippen MR) is 80.4 cm³/mol. The minimum absolute atomic E-state index is 0.790. The van der Waals surface area contributed by atoms with Crippen LogP contribution < -0.4 is 5.32 Å². The summed E-state index contributed by atoms with van der Waals surface area (Å²) < 4.78 is 0. The molecule has 1 N–H and O–H groups in total. The van der Waals surface area contributed by atoms with E-state index < -0.39 is 0 Å². The molecular weight excluding hydrogens is 234 g/mol. The van der Waals surface area contributed by atoms with Gasteiger partial charge in [-0.15, -0.1) is 0 Å². The van der Waals surface area contributed by atoms with Crippen molar-refractivity contribution in [1.82, 2.24) is 15.1 Å². The van der Waals surface area contributed by atoms with Crippen molar-refractivity contribution in [3.05, 3.63) is 0 Å². The zero-order chi connectivity index (χ0) is 13.2. The molecule has 110 valence electrons. The van der Waals surface area contributed by atoms with Crippen molar-refractivity contribution in [2.24, 2.45) is 5.92 Å². The number of likely N-dealkylation sites (N-methyl/N-ethyl adjacent to an activating group) is 1. The second-order valence-electron chi connectivity index (χ2n) is 7.32. The first-order valence-corrected chi connectivity index (χ1v) is 8.35. The van der Waals surface area contributed by atoms with Crippen LogP contribution in [0.4, 0.5) is 0 Å². The molecular formula is C16H31N3. The first-order valence-electron chi connectivity index (χ1n) is 8.35. The van der Waals surface area contributed by atoms with Gasteiger partial charge in [0.05, 0.1) is 0 Å². The van der Waals surface area contributed by atoms with Gasteiger partial charge in [-0.05, 0) is 78.0 Å². The van der Waals surface area contributed by atoms with Crippen molar-refractivity contribution in [3.8, 4) is 0 Å². The largest absolute Gasteiger partial charge is 0.311 e. The number of rotatable bonds is 4. The highest BCUT2D eigenvalue weighted by molar-refractivity contribution is 4.92. The van der Waals surface area contributed by atoms with Crippen LogP contribution in [-0.4, -0.2) is 61.7 Å². The van der Waals surface area contributed by atoms with Crippen LogP contribution in [0.5, 0.6) is 0 Å². The van der Waals surface area contributed by atoms with Gasteiger partial charge in [-0.25, -0.2) is 0 Å². The summed E-state index contributed by atoms with van der Waals surface area (Å²) in [6.45, 7) is 3.97. The Morgan fingerprint density at radius 1 is 1.11 bits per heavy atom. The molecule has 3 rings (SSSR count). The first-order chi connectivity index (χ1) is 9.20.